The van der Waals surface area contributed by atoms with Crippen LogP contribution in [0.3, 0.4) is 0 Å². The molecule has 0 radical (unpaired) electrons. The molecular weight excluding hydrogens is 608 g/mol. The average Bonchev–Trinajstić information content (AvgIpc) is 3.33. The SMILES string of the molecule is COc1cccc2c1C(=O)c1c(O)c3c(c(O)c1C2=O)CC(O)(C(C)=O)C[C@@H]3OC1CC(N=C(C)N2CCCCCC2)C(O)C(C)O1. The van der Waals surface area contributed by atoms with Gasteiger partial charge in [0.25, 0.3) is 0 Å². The fourth-order valence-electron chi connectivity index (χ4n) is 7.44. The smallest absolute Gasteiger partial charge is 0.202 e. The minimum Gasteiger partial charge on any atom is -0.507 e. The predicted octanol–water partition coefficient (Wildman–Crippen LogP) is 3.36. The van der Waals surface area contributed by atoms with Crippen LogP contribution in [0.5, 0.6) is 17.2 Å². The number of methoxy groups -OCH3 is 1. The van der Waals surface area contributed by atoms with Crippen LogP contribution in [0.4, 0.5) is 0 Å². The van der Waals surface area contributed by atoms with Gasteiger partial charge in [0.2, 0.25) is 5.78 Å². The lowest BCUT2D eigenvalue weighted by Crippen LogP contribution is -2.49. The summed E-state index contributed by atoms with van der Waals surface area (Å²) < 4.78 is 17.7. The van der Waals surface area contributed by atoms with Gasteiger partial charge < -0.3 is 39.5 Å². The topological polar surface area (TPSA) is 175 Å². The highest BCUT2D eigenvalue weighted by Gasteiger charge is 2.49. The van der Waals surface area contributed by atoms with Crippen LogP contribution in [0.2, 0.25) is 0 Å². The van der Waals surface area contributed by atoms with Crippen molar-refractivity contribution in [2.45, 2.75) is 102 Å². The number of carbonyl (C=O) groups is 3. The van der Waals surface area contributed by atoms with Gasteiger partial charge in [-0.2, -0.15) is 0 Å². The van der Waals surface area contributed by atoms with Gasteiger partial charge in [0, 0.05) is 49.0 Å². The Morgan fingerprint density at radius 2 is 1.70 bits per heavy atom. The maximum atomic E-state index is 13.9. The van der Waals surface area contributed by atoms with E-state index in [0.29, 0.717) is 0 Å². The number of rotatable bonds is 5. The molecule has 2 heterocycles. The van der Waals surface area contributed by atoms with Crippen LogP contribution < -0.4 is 4.74 Å². The minimum absolute atomic E-state index is 0.00726. The van der Waals surface area contributed by atoms with Crippen molar-refractivity contribution in [2.75, 3.05) is 20.2 Å². The van der Waals surface area contributed by atoms with E-state index in [0.717, 1.165) is 44.6 Å². The molecule has 2 aromatic carbocycles. The Labute approximate surface area is 273 Å². The normalized spacial score (nSPS) is 29.4. The average molecular weight is 651 g/mol. The summed E-state index contributed by atoms with van der Waals surface area (Å²) in [6.45, 7) is 6.60. The van der Waals surface area contributed by atoms with Gasteiger partial charge >= 0.3 is 0 Å². The molecule has 12 heteroatoms. The number of hydrogen-bond donors (Lipinski definition) is 4. The molecule has 4 aliphatic rings. The molecule has 0 saturated carbocycles. The summed E-state index contributed by atoms with van der Waals surface area (Å²) in [5.41, 5.74) is -2.98. The van der Waals surface area contributed by atoms with Gasteiger partial charge in [-0.05, 0) is 39.7 Å². The molecule has 2 saturated heterocycles. The van der Waals surface area contributed by atoms with E-state index < -0.39 is 82.6 Å². The molecule has 0 spiro atoms. The molecule has 0 amide bonds. The quantitative estimate of drug-likeness (QED) is 0.181. The summed E-state index contributed by atoms with van der Waals surface area (Å²) >= 11 is 0. The fraction of sp³-hybridized carbons (Fsp3) is 0.543. The highest BCUT2D eigenvalue weighted by atomic mass is 16.7. The molecule has 2 aromatic rings. The van der Waals surface area contributed by atoms with Gasteiger partial charge in [0.05, 0.1) is 47.9 Å². The Hall–Kier alpha value is -3.84. The van der Waals surface area contributed by atoms with Crippen LogP contribution in [-0.4, -0.2) is 98.9 Å². The fourth-order valence-corrected chi connectivity index (χ4v) is 7.44. The van der Waals surface area contributed by atoms with Crippen molar-refractivity contribution in [3.8, 4) is 17.2 Å². The molecule has 252 valence electrons. The summed E-state index contributed by atoms with van der Waals surface area (Å²) in [6.07, 6.45) is -0.00167. The highest BCUT2D eigenvalue weighted by Crippen LogP contribution is 2.52. The number of aliphatic hydroxyl groups excluding tert-OH is 1. The molecule has 0 bridgehead atoms. The molecule has 6 atom stereocenters. The number of fused-ring (bicyclic) bond motifs is 3. The number of aliphatic imine (C=N–C) groups is 1. The Bertz CT molecular complexity index is 1650. The van der Waals surface area contributed by atoms with Crippen LogP contribution in [0, 0.1) is 0 Å². The molecule has 0 aromatic heterocycles. The summed E-state index contributed by atoms with van der Waals surface area (Å²) in [4.78, 5) is 47.4. The van der Waals surface area contributed by atoms with E-state index >= 15 is 0 Å². The molecule has 2 fully saturated rings. The van der Waals surface area contributed by atoms with Crippen molar-refractivity contribution < 1.29 is 49.0 Å². The van der Waals surface area contributed by atoms with Gasteiger partial charge in [0.1, 0.15) is 29.0 Å². The number of ether oxygens (including phenoxy) is 3. The monoisotopic (exact) mass is 650 g/mol. The van der Waals surface area contributed by atoms with Crippen molar-refractivity contribution in [2.24, 2.45) is 4.99 Å². The maximum absolute atomic E-state index is 13.9. The molecule has 47 heavy (non-hydrogen) atoms. The van der Waals surface area contributed by atoms with Crippen molar-refractivity contribution in [1.29, 1.82) is 0 Å². The van der Waals surface area contributed by atoms with E-state index in [2.05, 4.69) is 4.90 Å². The second kappa shape index (κ2) is 12.6. The second-order valence-electron chi connectivity index (χ2n) is 13.1. The van der Waals surface area contributed by atoms with Crippen LogP contribution in [0.25, 0.3) is 0 Å². The number of aliphatic hydroxyl groups is 2. The number of hydrogen-bond acceptors (Lipinski definition) is 11. The van der Waals surface area contributed by atoms with Gasteiger partial charge in [-0.15, -0.1) is 0 Å². The van der Waals surface area contributed by atoms with Gasteiger partial charge in [-0.3, -0.25) is 19.4 Å². The van der Waals surface area contributed by atoms with E-state index in [4.69, 9.17) is 19.2 Å². The van der Waals surface area contributed by atoms with Crippen molar-refractivity contribution >= 4 is 23.2 Å². The van der Waals surface area contributed by atoms with Crippen molar-refractivity contribution in [3.63, 3.8) is 0 Å². The number of carbonyl (C=O) groups excluding carboxylic acids is 3. The second-order valence-corrected chi connectivity index (χ2v) is 13.1. The van der Waals surface area contributed by atoms with E-state index in [9.17, 15) is 34.8 Å². The first-order valence-electron chi connectivity index (χ1n) is 16.2. The number of benzene rings is 2. The first-order chi connectivity index (χ1) is 22.4. The van der Waals surface area contributed by atoms with E-state index in [1.54, 1.807) is 6.92 Å². The number of nitrogens with zero attached hydrogens (tertiary/aromatic N) is 2. The molecule has 5 unspecified atom stereocenters. The number of Topliss-reactive ketones (excluding diaryl/α,β-unsaturated/α-hetero) is 1. The molecule has 12 nitrogen and oxygen atoms in total. The van der Waals surface area contributed by atoms with Crippen molar-refractivity contribution in [3.05, 3.63) is 51.6 Å². The lowest BCUT2D eigenvalue weighted by atomic mass is 9.72. The molecular formula is C35H42N2O10. The van der Waals surface area contributed by atoms with Crippen LogP contribution in [0.15, 0.2) is 23.2 Å². The summed E-state index contributed by atoms with van der Waals surface area (Å²) in [7, 11) is 1.36. The third-order valence-electron chi connectivity index (χ3n) is 10.1. The summed E-state index contributed by atoms with van der Waals surface area (Å²) in [5, 5.41) is 45.8. The zero-order valence-corrected chi connectivity index (χ0v) is 27.1. The van der Waals surface area contributed by atoms with Gasteiger partial charge in [0.15, 0.2) is 17.9 Å². The lowest BCUT2D eigenvalue weighted by molar-refractivity contribution is -0.247. The van der Waals surface area contributed by atoms with Crippen LogP contribution >= 0.6 is 0 Å². The van der Waals surface area contributed by atoms with Crippen molar-refractivity contribution in [1.82, 2.24) is 4.90 Å². The maximum Gasteiger partial charge on any atom is 0.202 e. The molecule has 2 aliphatic heterocycles. The number of phenolic OH excluding ortho intramolecular Hbond substituents is 2. The minimum atomic E-state index is -2.01. The molecule has 2 aliphatic carbocycles. The first kappa shape index (κ1) is 33.1. The Kier molecular flexibility index (Phi) is 8.90. The van der Waals surface area contributed by atoms with Crippen LogP contribution in [0.1, 0.15) is 108 Å². The number of amidine groups is 1. The first-order valence-corrected chi connectivity index (χ1v) is 16.2. The number of phenols is 2. The third-order valence-corrected chi connectivity index (χ3v) is 10.1. The predicted molar refractivity (Wildman–Crippen MR) is 169 cm³/mol. The van der Waals surface area contributed by atoms with Gasteiger partial charge in [-0.1, -0.05) is 25.0 Å². The van der Waals surface area contributed by atoms with E-state index in [1.807, 2.05) is 6.92 Å². The number of likely N-dealkylation sites (tertiary alicyclic amines) is 1. The Morgan fingerprint density at radius 1 is 1.02 bits per heavy atom. The highest BCUT2D eigenvalue weighted by molar-refractivity contribution is 6.31. The third kappa shape index (κ3) is 5.71. The number of aromatic hydroxyl groups is 2. The van der Waals surface area contributed by atoms with E-state index in [-0.39, 0.29) is 40.8 Å². The van der Waals surface area contributed by atoms with Gasteiger partial charge in [-0.25, -0.2) is 0 Å². The largest absolute Gasteiger partial charge is 0.507 e. The zero-order valence-electron chi connectivity index (χ0n) is 27.1. The molecule has 6 rings (SSSR count). The Balaban J connectivity index is 1.39. The lowest BCUT2D eigenvalue weighted by Gasteiger charge is -2.42. The van der Waals surface area contributed by atoms with Crippen LogP contribution in [-0.2, 0) is 20.7 Å². The number of ketones is 3. The Morgan fingerprint density at radius 3 is 2.36 bits per heavy atom. The summed E-state index contributed by atoms with van der Waals surface area (Å²) in [6, 6.07) is 3.90. The standard InChI is InChI=1S/C35H42N2O10/c1-17-30(39)22(36-19(3)37-12-7-5-6-8-13-37)14-25(46-17)47-24-16-35(44,18(2)38)15-21-27(24)34(43)29-28(32(21)41)31(40)20-10-9-11-23(45-4)26(20)33(29)42/h9-11,17,22,24-25,30,39,41,43-44H,5-8,12-16H2,1-4H3/t17?,22?,24-,25?,30?,35?/m0/s1. The summed E-state index contributed by atoms with van der Waals surface area (Å²) in [5.74, 6) is -2.30. The van der Waals surface area contributed by atoms with E-state index in [1.165, 1.54) is 32.2 Å². The molecule has 4 N–H and O–H groups in total. The zero-order chi connectivity index (χ0) is 33.8.